The molecule has 4 aromatic rings. The molecule has 14 heteroatoms. The molecule has 234 valence electrons. The second-order valence-electron chi connectivity index (χ2n) is 12.2. The zero-order chi connectivity index (χ0) is 32.1. The second kappa shape index (κ2) is 9.88. The maximum Gasteiger partial charge on any atom is 0.251 e. The Hall–Kier alpha value is -4.23. The lowest BCUT2D eigenvalue weighted by atomic mass is 9.80. The lowest BCUT2D eigenvalue weighted by Crippen LogP contribution is -2.49. The van der Waals surface area contributed by atoms with Gasteiger partial charge in [-0.15, -0.1) is 0 Å². The Bertz CT molecular complexity index is 1950. The van der Waals surface area contributed by atoms with Crippen LogP contribution in [-0.4, -0.2) is 50.5 Å². The van der Waals surface area contributed by atoms with E-state index in [1.54, 1.807) is 16.9 Å². The molecule has 7 rings (SSSR count). The van der Waals surface area contributed by atoms with Gasteiger partial charge in [0.15, 0.2) is 23.1 Å². The van der Waals surface area contributed by atoms with E-state index in [1.807, 2.05) is 0 Å². The number of pyridine rings is 1. The van der Waals surface area contributed by atoms with Gasteiger partial charge in [0.25, 0.3) is 5.91 Å². The number of hydrogen-bond donors (Lipinski definition) is 3. The minimum Gasteiger partial charge on any atom is -0.489 e. The van der Waals surface area contributed by atoms with Crippen LogP contribution in [0.3, 0.4) is 0 Å². The second-order valence-corrected chi connectivity index (χ2v) is 12.6. The quantitative estimate of drug-likeness (QED) is 0.187. The molecule has 0 radical (unpaired) electrons. The molecule has 45 heavy (non-hydrogen) atoms. The van der Waals surface area contributed by atoms with Crippen LogP contribution in [0.4, 0.5) is 17.6 Å². The molecule has 0 spiro atoms. The number of alkyl halides is 1. The van der Waals surface area contributed by atoms with E-state index >= 15 is 8.78 Å². The number of nitrogens with zero attached hydrogens (tertiary/aromatic N) is 3. The fourth-order valence-electron chi connectivity index (χ4n) is 5.77. The highest BCUT2D eigenvalue weighted by molar-refractivity contribution is 6.35. The van der Waals surface area contributed by atoms with Gasteiger partial charge in [0.05, 0.1) is 23.3 Å². The summed E-state index contributed by atoms with van der Waals surface area (Å²) in [4.78, 5) is 30.2. The maximum absolute atomic E-state index is 16.1. The number of rotatable bonds is 8. The van der Waals surface area contributed by atoms with E-state index in [0.29, 0.717) is 17.0 Å². The van der Waals surface area contributed by atoms with Crippen LogP contribution in [0.25, 0.3) is 22.2 Å². The molecule has 0 bridgehead atoms. The zero-order valence-corrected chi connectivity index (χ0v) is 24.5. The number of carbonyl (C=O) groups excluding carboxylic acids is 2. The molecular formula is C31H26ClF4N5O4. The Balaban J connectivity index is 1.30. The van der Waals surface area contributed by atoms with Crippen molar-refractivity contribution >= 4 is 34.3 Å². The summed E-state index contributed by atoms with van der Waals surface area (Å²) in [5.41, 5.74) is -1.28. The zero-order valence-electron chi connectivity index (χ0n) is 23.8. The van der Waals surface area contributed by atoms with Crippen molar-refractivity contribution in [1.82, 2.24) is 20.1 Å². The molecule has 2 fully saturated rings. The van der Waals surface area contributed by atoms with Crippen molar-refractivity contribution in [2.75, 3.05) is 13.2 Å². The molecule has 2 aromatic heterocycles. The topological polar surface area (TPSA) is 132 Å². The summed E-state index contributed by atoms with van der Waals surface area (Å²) in [6, 6.07) is 6.09. The number of amides is 2. The van der Waals surface area contributed by atoms with E-state index < -0.39 is 69.4 Å². The fraction of sp³-hybridized carbons (Fsp3) is 0.355. The van der Waals surface area contributed by atoms with Gasteiger partial charge < -0.3 is 20.9 Å². The van der Waals surface area contributed by atoms with Gasteiger partial charge in [0, 0.05) is 28.3 Å². The largest absolute Gasteiger partial charge is 0.489 e. The molecule has 9 nitrogen and oxygen atoms in total. The van der Waals surface area contributed by atoms with Gasteiger partial charge in [-0.3, -0.25) is 14.3 Å². The third-order valence-corrected chi connectivity index (χ3v) is 9.32. The third-order valence-electron chi connectivity index (χ3n) is 9.03. The average molecular weight is 644 g/mol. The third kappa shape index (κ3) is 4.54. The summed E-state index contributed by atoms with van der Waals surface area (Å²) in [6.45, 7) is 0.432. The lowest BCUT2D eigenvalue weighted by molar-refractivity contribution is -0.123. The smallest absolute Gasteiger partial charge is 0.251 e. The summed E-state index contributed by atoms with van der Waals surface area (Å²) < 4.78 is 66.8. The minimum atomic E-state index is -2.51. The average Bonchev–Trinajstić information content (AvgIpc) is 3.93. The Morgan fingerprint density at radius 1 is 1.20 bits per heavy atom. The number of nitrogens with two attached hydrogens (primary N) is 1. The standard InChI is InChI=1S/C31H26ClF4N5O4/c1-29(28(37)43)13-45-26-18(29)10-21(39-25(26)17-4-5-20(33)23(35)22(17)34)31(44,30(36)6-7-30)12-38-27(42)14-8-15-11-41(16-2-3-16)40-24(15)19(32)9-14/h4-5,8-11,16,44H,2-3,6-7,12-13H2,1H3,(H2,37,43)(H,38,42)/t29-,31-/m0/s1. The number of halogens is 5. The Labute approximate surface area is 258 Å². The minimum absolute atomic E-state index is 0.0399. The number of hydrogen-bond acceptors (Lipinski definition) is 6. The molecule has 2 aromatic carbocycles. The predicted molar refractivity (Wildman–Crippen MR) is 154 cm³/mol. The number of fused-ring (bicyclic) bond motifs is 2. The Morgan fingerprint density at radius 3 is 2.60 bits per heavy atom. The van der Waals surface area contributed by atoms with E-state index in [-0.39, 0.29) is 47.4 Å². The Morgan fingerprint density at radius 2 is 1.93 bits per heavy atom. The van der Waals surface area contributed by atoms with Gasteiger partial charge in [-0.25, -0.2) is 22.5 Å². The molecule has 1 aliphatic heterocycles. The van der Waals surface area contributed by atoms with E-state index in [9.17, 15) is 23.5 Å². The molecule has 3 aliphatic rings. The van der Waals surface area contributed by atoms with E-state index in [1.165, 1.54) is 19.1 Å². The molecule has 2 amide bonds. The lowest BCUT2D eigenvalue weighted by Gasteiger charge is -2.33. The maximum atomic E-state index is 16.1. The van der Waals surface area contributed by atoms with Crippen LogP contribution < -0.4 is 15.8 Å². The molecule has 3 heterocycles. The van der Waals surface area contributed by atoms with Crippen molar-refractivity contribution in [3.63, 3.8) is 0 Å². The molecule has 4 N–H and O–H groups in total. The van der Waals surface area contributed by atoms with Gasteiger partial charge in [-0.05, 0) is 62.9 Å². The van der Waals surface area contributed by atoms with Gasteiger partial charge in [0.2, 0.25) is 5.91 Å². The predicted octanol–water partition coefficient (Wildman–Crippen LogP) is 4.76. The SMILES string of the molecule is C[C@]1(C(N)=O)COc2c1cc([C@@](O)(CNC(=O)c1cc(Cl)c3nn(C4CC4)cc3c1)C1(F)CC1)nc2-c1ccc(F)c(F)c1F. The summed E-state index contributed by atoms with van der Waals surface area (Å²) >= 11 is 6.42. The number of aliphatic hydroxyl groups is 1. The van der Waals surface area contributed by atoms with Crippen LogP contribution >= 0.6 is 11.6 Å². The highest BCUT2D eigenvalue weighted by Gasteiger charge is 2.62. The number of carbonyl (C=O) groups is 2. The van der Waals surface area contributed by atoms with Crippen LogP contribution in [-0.2, 0) is 15.8 Å². The summed E-state index contributed by atoms with van der Waals surface area (Å²) in [5.74, 6) is -6.52. The molecule has 2 aliphatic carbocycles. The van der Waals surface area contributed by atoms with Crippen LogP contribution in [0.1, 0.15) is 60.3 Å². The number of benzene rings is 2. The van der Waals surface area contributed by atoms with Crippen molar-refractivity contribution < 1.29 is 37.0 Å². The molecule has 2 atom stereocenters. The Kier molecular flexibility index (Phi) is 6.47. The number of nitrogens with one attached hydrogen (secondary N) is 1. The first-order chi connectivity index (χ1) is 21.3. The van der Waals surface area contributed by atoms with E-state index in [2.05, 4.69) is 15.4 Å². The first-order valence-electron chi connectivity index (χ1n) is 14.3. The normalized spacial score (nSPS) is 21.2. The van der Waals surface area contributed by atoms with Gasteiger partial charge in [0.1, 0.15) is 34.7 Å². The number of ether oxygens (including phenoxy) is 1. The van der Waals surface area contributed by atoms with E-state index in [0.717, 1.165) is 18.9 Å². The van der Waals surface area contributed by atoms with Crippen LogP contribution in [0.5, 0.6) is 5.75 Å². The van der Waals surface area contributed by atoms with Gasteiger partial charge >= 0.3 is 0 Å². The number of aromatic nitrogens is 3. The van der Waals surface area contributed by atoms with Crippen LogP contribution in [0, 0.1) is 17.5 Å². The molecule has 2 saturated carbocycles. The number of primary amides is 1. The highest BCUT2D eigenvalue weighted by atomic mass is 35.5. The van der Waals surface area contributed by atoms with Crippen molar-refractivity contribution in [3.05, 3.63) is 75.8 Å². The van der Waals surface area contributed by atoms with Crippen molar-refractivity contribution in [3.8, 4) is 17.0 Å². The van der Waals surface area contributed by atoms with Crippen molar-refractivity contribution in [2.24, 2.45) is 5.73 Å². The van der Waals surface area contributed by atoms with Crippen LogP contribution in [0.2, 0.25) is 5.02 Å². The van der Waals surface area contributed by atoms with Gasteiger partial charge in [-0.2, -0.15) is 5.10 Å². The highest BCUT2D eigenvalue weighted by Crippen LogP contribution is 2.55. The monoisotopic (exact) mass is 643 g/mol. The molecule has 0 unspecified atom stereocenters. The molecular weight excluding hydrogens is 618 g/mol. The first-order valence-corrected chi connectivity index (χ1v) is 14.6. The summed E-state index contributed by atoms with van der Waals surface area (Å²) in [5, 5.41) is 19.9. The van der Waals surface area contributed by atoms with Crippen molar-refractivity contribution in [2.45, 2.75) is 55.3 Å². The van der Waals surface area contributed by atoms with Gasteiger partial charge in [-0.1, -0.05) is 11.6 Å². The molecule has 0 saturated heterocycles. The van der Waals surface area contributed by atoms with E-state index in [4.69, 9.17) is 22.1 Å². The summed E-state index contributed by atoms with van der Waals surface area (Å²) in [6.07, 6.45) is 3.57. The van der Waals surface area contributed by atoms with Crippen LogP contribution in [0.15, 0.2) is 36.5 Å². The van der Waals surface area contributed by atoms with Crippen molar-refractivity contribution in [1.29, 1.82) is 0 Å². The summed E-state index contributed by atoms with van der Waals surface area (Å²) in [7, 11) is 0. The fourth-order valence-corrected chi connectivity index (χ4v) is 6.04. The first kappa shape index (κ1) is 29.5.